The van der Waals surface area contributed by atoms with Crippen molar-refractivity contribution in [2.24, 2.45) is 5.92 Å². The van der Waals surface area contributed by atoms with Crippen molar-refractivity contribution in [1.82, 2.24) is 20.0 Å². The average Bonchev–Trinajstić information content (AvgIpc) is 3.63. The van der Waals surface area contributed by atoms with Crippen LogP contribution in [0.2, 0.25) is 0 Å². The van der Waals surface area contributed by atoms with Gasteiger partial charge in [0.1, 0.15) is 12.1 Å². The summed E-state index contributed by atoms with van der Waals surface area (Å²) in [4.78, 5) is 77.4. The first kappa shape index (κ1) is 33.0. The van der Waals surface area contributed by atoms with Gasteiger partial charge in [-0.1, -0.05) is 25.3 Å². The molecule has 4 amide bonds. The molecule has 12 nitrogen and oxygen atoms in total. The smallest absolute Gasteiger partial charge is 0.378 e. The van der Waals surface area contributed by atoms with E-state index in [-0.39, 0.29) is 39.9 Å². The van der Waals surface area contributed by atoms with Crippen LogP contribution in [0.5, 0.6) is 0 Å². The van der Waals surface area contributed by atoms with Gasteiger partial charge in [-0.25, -0.2) is 0 Å². The predicted molar refractivity (Wildman–Crippen MR) is 163 cm³/mol. The molecule has 0 saturated carbocycles. The third kappa shape index (κ3) is 6.32. The molecule has 4 fully saturated rings. The van der Waals surface area contributed by atoms with Gasteiger partial charge in [-0.2, -0.15) is 8.78 Å². The summed E-state index contributed by atoms with van der Waals surface area (Å²) >= 11 is 1.01. The normalized spacial score (nSPS) is 25.0. The van der Waals surface area contributed by atoms with Crippen LogP contribution in [0.3, 0.4) is 0 Å². The van der Waals surface area contributed by atoms with E-state index in [1.165, 1.54) is 12.1 Å². The molecule has 3 atom stereocenters. The molecule has 16 heteroatoms. The van der Waals surface area contributed by atoms with Gasteiger partial charge in [-0.15, -0.1) is 11.3 Å². The Kier molecular flexibility index (Phi) is 9.25. The predicted octanol–water partition coefficient (Wildman–Crippen LogP) is 2.87. The zero-order valence-electron chi connectivity index (χ0n) is 25.1. The number of hydrogen-bond acceptors (Lipinski definition) is 7. The van der Waals surface area contributed by atoms with Crippen LogP contribution in [0.15, 0.2) is 24.3 Å². The number of benzene rings is 1. The topological polar surface area (TPSA) is 157 Å². The van der Waals surface area contributed by atoms with Crippen LogP contribution in [0, 0.1) is 5.92 Å². The first-order valence-electron chi connectivity index (χ1n) is 15.6. The minimum atomic E-state index is -5.76. The van der Waals surface area contributed by atoms with Crippen LogP contribution >= 0.6 is 18.9 Å². The van der Waals surface area contributed by atoms with E-state index in [1.54, 1.807) is 14.7 Å². The van der Waals surface area contributed by atoms with Gasteiger partial charge in [0, 0.05) is 42.5 Å². The summed E-state index contributed by atoms with van der Waals surface area (Å²) in [6.07, 6.45) is 4.75. The maximum atomic E-state index is 14.3. The van der Waals surface area contributed by atoms with Crippen molar-refractivity contribution in [3.8, 4) is 0 Å². The van der Waals surface area contributed by atoms with Crippen LogP contribution in [0.1, 0.15) is 60.2 Å². The standard InChI is InChI=1S/C30H37F2N4O8PS/c31-30(32,45(41,42)43)20-6-9-24-18(14-20)15-25(46-24)26(37)33-22-5-3-1-2-4-21-7-8-23(36(21)28(22)39)29(40)35-16-19(17-35)27(38)34-10-12-44-13-11-34/h6,9,14-15,19,21-23H,1-5,7-8,10-13,16-17H2,(H,33,37)(H2,41,42,43)/t21-,22-,23-/m0/s1. The molecule has 0 aliphatic carbocycles. The molecule has 4 aliphatic rings. The van der Waals surface area contributed by atoms with Crippen molar-refractivity contribution in [1.29, 1.82) is 0 Å². The van der Waals surface area contributed by atoms with Crippen molar-refractivity contribution < 1.29 is 47.0 Å². The summed E-state index contributed by atoms with van der Waals surface area (Å²) in [5.41, 5.74) is -5.25. The Hall–Kier alpha value is -2.97. The van der Waals surface area contributed by atoms with Gasteiger partial charge in [-0.05, 0) is 49.3 Å². The lowest BCUT2D eigenvalue weighted by atomic mass is 9.96. The molecule has 250 valence electrons. The van der Waals surface area contributed by atoms with Gasteiger partial charge in [0.05, 0.1) is 24.0 Å². The van der Waals surface area contributed by atoms with Gasteiger partial charge >= 0.3 is 13.3 Å². The Morgan fingerprint density at radius 2 is 1.67 bits per heavy atom. The molecule has 0 spiro atoms. The molecule has 4 aliphatic heterocycles. The zero-order valence-corrected chi connectivity index (χ0v) is 26.8. The fourth-order valence-corrected chi connectivity index (χ4v) is 8.31. The van der Waals surface area contributed by atoms with Crippen LogP contribution in [0.25, 0.3) is 10.1 Å². The highest BCUT2D eigenvalue weighted by Gasteiger charge is 2.51. The van der Waals surface area contributed by atoms with Crippen molar-refractivity contribution in [3.63, 3.8) is 0 Å². The Bertz CT molecular complexity index is 1570. The van der Waals surface area contributed by atoms with Crippen molar-refractivity contribution in [2.45, 2.75) is 68.7 Å². The number of thiophene rings is 1. The molecule has 0 bridgehead atoms. The van der Waals surface area contributed by atoms with E-state index in [9.17, 15) is 32.5 Å². The molecule has 5 heterocycles. The first-order chi connectivity index (χ1) is 21.8. The van der Waals surface area contributed by atoms with Gasteiger partial charge in [0.15, 0.2) is 0 Å². The third-order valence-electron chi connectivity index (χ3n) is 9.49. The van der Waals surface area contributed by atoms with Gasteiger partial charge in [0.25, 0.3) is 5.91 Å². The van der Waals surface area contributed by atoms with E-state index in [1.807, 2.05) is 0 Å². The Balaban J connectivity index is 1.15. The quantitative estimate of drug-likeness (QED) is 0.393. The number of halogens is 2. The summed E-state index contributed by atoms with van der Waals surface area (Å²) in [7, 11) is -5.76. The summed E-state index contributed by atoms with van der Waals surface area (Å²) in [6, 6.07) is 2.81. The molecule has 0 radical (unpaired) electrons. The molecule has 1 aromatic heterocycles. The maximum Gasteiger partial charge on any atom is 0.399 e. The molecule has 3 N–H and O–H groups in total. The number of nitrogens with zero attached hydrogens (tertiary/aromatic N) is 3. The van der Waals surface area contributed by atoms with E-state index in [0.29, 0.717) is 69.8 Å². The van der Waals surface area contributed by atoms with E-state index in [0.717, 1.165) is 42.7 Å². The van der Waals surface area contributed by atoms with Gasteiger partial charge < -0.3 is 34.5 Å². The summed E-state index contributed by atoms with van der Waals surface area (Å²) < 4.78 is 45.7. The van der Waals surface area contributed by atoms with Gasteiger partial charge in [-0.3, -0.25) is 23.7 Å². The number of hydrogen-bond donors (Lipinski definition) is 3. The number of fused-ring (bicyclic) bond motifs is 2. The number of alkyl halides is 2. The van der Waals surface area contributed by atoms with Crippen molar-refractivity contribution in [2.75, 3.05) is 39.4 Å². The van der Waals surface area contributed by atoms with E-state index < -0.39 is 36.8 Å². The Morgan fingerprint density at radius 3 is 2.39 bits per heavy atom. The zero-order chi connectivity index (χ0) is 32.8. The largest absolute Gasteiger partial charge is 0.399 e. The number of nitrogens with one attached hydrogen (secondary N) is 1. The monoisotopic (exact) mass is 682 g/mol. The SMILES string of the molecule is O=C(N[C@H]1CCCCC[C@H]2CC[C@@H](C(=O)N3CC(C(=O)N4CCOCC4)C3)N2C1=O)c1cc2cc(C(F)(F)P(=O)(O)O)ccc2s1. The summed E-state index contributed by atoms with van der Waals surface area (Å²) in [5, 5.41) is 3.04. The lowest BCUT2D eigenvalue weighted by molar-refractivity contribution is -0.156. The second-order valence-electron chi connectivity index (χ2n) is 12.5. The second kappa shape index (κ2) is 12.9. The molecule has 0 unspecified atom stereocenters. The van der Waals surface area contributed by atoms with Crippen LogP contribution in [-0.4, -0.2) is 106 Å². The van der Waals surface area contributed by atoms with Crippen LogP contribution < -0.4 is 5.32 Å². The second-order valence-corrected chi connectivity index (χ2v) is 15.2. The number of carbonyl (C=O) groups is 4. The molecular formula is C30H37F2N4O8PS. The van der Waals surface area contributed by atoms with Crippen LogP contribution in [0.4, 0.5) is 8.78 Å². The van der Waals surface area contributed by atoms with Crippen LogP contribution in [-0.2, 0) is 29.3 Å². The number of carbonyl (C=O) groups excluding carboxylic acids is 4. The summed E-state index contributed by atoms with van der Waals surface area (Å²) in [6.45, 7) is 2.71. The van der Waals surface area contributed by atoms with E-state index >= 15 is 0 Å². The number of likely N-dealkylation sites (tertiary alicyclic amines) is 1. The van der Waals surface area contributed by atoms with E-state index in [2.05, 4.69) is 5.32 Å². The Labute approximate surface area is 268 Å². The average molecular weight is 683 g/mol. The third-order valence-corrected chi connectivity index (χ3v) is 11.6. The lowest BCUT2D eigenvalue weighted by Crippen LogP contribution is -2.62. The number of rotatable bonds is 6. The highest BCUT2D eigenvalue weighted by atomic mass is 32.1. The number of amides is 4. The maximum absolute atomic E-state index is 14.3. The molecule has 46 heavy (non-hydrogen) atoms. The first-order valence-corrected chi connectivity index (χ1v) is 18.0. The summed E-state index contributed by atoms with van der Waals surface area (Å²) in [5.74, 6) is -1.34. The highest BCUT2D eigenvalue weighted by molar-refractivity contribution is 7.52. The Morgan fingerprint density at radius 1 is 0.957 bits per heavy atom. The fraction of sp³-hybridized carbons (Fsp3) is 0.600. The molecule has 4 saturated heterocycles. The van der Waals surface area contributed by atoms with Gasteiger partial charge in [0.2, 0.25) is 17.7 Å². The molecule has 6 rings (SSSR count). The number of morpholine rings is 1. The molecular weight excluding hydrogens is 645 g/mol. The molecule has 2 aromatic rings. The lowest BCUT2D eigenvalue weighted by Gasteiger charge is -2.43. The minimum absolute atomic E-state index is 0.0196. The van der Waals surface area contributed by atoms with E-state index in [4.69, 9.17) is 14.5 Å². The van der Waals surface area contributed by atoms with Crippen molar-refractivity contribution in [3.05, 3.63) is 34.7 Å². The van der Waals surface area contributed by atoms with Crippen molar-refractivity contribution >= 4 is 52.6 Å². The highest BCUT2D eigenvalue weighted by Crippen LogP contribution is 2.59. The number of ether oxygens (including phenoxy) is 1. The fourth-order valence-electron chi connectivity index (χ4n) is 6.89. The minimum Gasteiger partial charge on any atom is -0.378 e. The molecule has 1 aromatic carbocycles.